The van der Waals surface area contributed by atoms with Crippen LogP contribution < -0.4 is 10.6 Å². The van der Waals surface area contributed by atoms with E-state index in [0.717, 1.165) is 4.90 Å². The summed E-state index contributed by atoms with van der Waals surface area (Å²) in [6.45, 7) is -1.14. The van der Waals surface area contributed by atoms with Crippen molar-refractivity contribution in [1.82, 2.24) is 4.98 Å². The molecule has 1 saturated carbocycles. The van der Waals surface area contributed by atoms with Crippen LogP contribution in [0.25, 0.3) is 0 Å². The second kappa shape index (κ2) is 5.18. The van der Waals surface area contributed by atoms with E-state index in [1.165, 1.54) is 19.4 Å². The average molecular weight is 289 g/mol. The molecule has 8 heteroatoms. The number of anilines is 2. The lowest BCUT2D eigenvalue weighted by Crippen LogP contribution is -2.37. The van der Waals surface area contributed by atoms with Crippen LogP contribution in [0.3, 0.4) is 0 Å². The first-order chi connectivity index (χ1) is 9.33. The first-order valence-electron chi connectivity index (χ1n) is 5.99. The fraction of sp³-hybridized carbons (Fsp3) is 0.500. The molecule has 1 aromatic heterocycles. The van der Waals surface area contributed by atoms with Crippen LogP contribution in [0.2, 0.25) is 0 Å². The molecule has 2 rings (SSSR count). The Bertz CT molecular complexity index is 515. The fourth-order valence-electron chi connectivity index (χ4n) is 1.94. The number of nitrogen functional groups attached to an aromatic ring is 1. The number of halogens is 3. The third kappa shape index (κ3) is 3.12. The highest BCUT2D eigenvalue weighted by Crippen LogP contribution is 2.36. The third-order valence-corrected chi connectivity index (χ3v) is 2.98. The second-order valence-corrected chi connectivity index (χ2v) is 4.56. The van der Waals surface area contributed by atoms with E-state index >= 15 is 0 Å². The van der Waals surface area contributed by atoms with Gasteiger partial charge in [0.25, 0.3) is 0 Å². The van der Waals surface area contributed by atoms with Gasteiger partial charge in [-0.05, 0) is 18.9 Å². The van der Waals surface area contributed by atoms with E-state index in [0.29, 0.717) is 12.8 Å². The molecule has 1 aromatic rings. The Balaban J connectivity index is 2.36. The lowest BCUT2D eigenvalue weighted by atomic mass is 10.2. The van der Waals surface area contributed by atoms with Gasteiger partial charge in [0.15, 0.2) is 5.82 Å². The highest BCUT2D eigenvalue weighted by Gasteiger charge is 2.39. The molecule has 110 valence electrons. The van der Waals surface area contributed by atoms with Gasteiger partial charge in [-0.1, -0.05) is 0 Å². The SMILES string of the molecule is COC(=O)c1ccnc(N(CC(F)(F)F)C2CC2)c1N. The predicted octanol–water partition coefficient (Wildman–Crippen LogP) is 1.98. The van der Waals surface area contributed by atoms with Crippen LogP contribution in [0.5, 0.6) is 0 Å². The zero-order valence-electron chi connectivity index (χ0n) is 10.8. The summed E-state index contributed by atoms with van der Waals surface area (Å²) in [5.41, 5.74) is 5.70. The molecule has 0 radical (unpaired) electrons. The smallest absolute Gasteiger partial charge is 0.405 e. The third-order valence-electron chi connectivity index (χ3n) is 2.98. The number of carbonyl (C=O) groups excluding carboxylic acids is 1. The molecule has 1 aliphatic rings. The van der Waals surface area contributed by atoms with Crippen molar-refractivity contribution < 1.29 is 22.7 Å². The zero-order valence-corrected chi connectivity index (χ0v) is 10.8. The van der Waals surface area contributed by atoms with E-state index in [4.69, 9.17) is 5.73 Å². The minimum atomic E-state index is -4.36. The van der Waals surface area contributed by atoms with E-state index in [1.807, 2.05) is 0 Å². The Kier molecular flexibility index (Phi) is 3.74. The summed E-state index contributed by atoms with van der Waals surface area (Å²) in [6, 6.07) is 1.09. The van der Waals surface area contributed by atoms with E-state index < -0.39 is 18.7 Å². The van der Waals surface area contributed by atoms with Crippen LogP contribution in [0.15, 0.2) is 12.3 Å². The number of esters is 1. The highest BCUT2D eigenvalue weighted by molar-refractivity contribution is 5.97. The maximum Gasteiger partial charge on any atom is 0.405 e. The number of nitrogens with zero attached hydrogens (tertiary/aromatic N) is 2. The van der Waals surface area contributed by atoms with Gasteiger partial charge in [-0.3, -0.25) is 0 Å². The maximum absolute atomic E-state index is 12.6. The van der Waals surface area contributed by atoms with Gasteiger partial charge in [0.05, 0.1) is 18.4 Å². The molecular formula is C12H14F3N3O2. The van der Waals surface area contributed by atoms with Gasteiger partial charge >= 0.3 is 12.1 Å². The summed E-state index contributed by atoms with van der Waals surface area (Å²) >= 11 is 0. The number of ether oxygens (including phenoxy) is 1. The summed E-state index contributed by atoms with van der Waals surface area (Å²) in [7, 11) is 1.18. The monoisotopic (exact) mass is 289 g/mol. The van der Waals surface area contributed by atoms with Crippen LogP contribution in [-0.4, -0.2) is 36.8 Å². The van der Waals surface area contributed by atoms with Crippen molar-refractivity contribution in [1.29, 1.82) is 0 Å². The number of aromatic nitrogens is 1. The summed E-state index contributed by atoms with van der Waals surface area (Å²) in [6.07, 6.45) is -1.80. The van der Waals surface area contributed by atoms with Crippen LogP contribution in [0.1, 0.15) is 23.2 Å². The molecule has 2 N–H and O–H groups in total. The number of nitrogens with two attached hydrogens (primary N) is 1. The Labute approximate surface area is 113 Å². The van der Waals surface area contributed by atoms with Crippen molar-refractivity contribution in [2.24, 2.45) is 0 Å². The Morgan fingerprint density at radius 2 is 2.20 bits per heavy atom. The summed E-state index contributed by atoms with van der Waals surface area (Å²) in [5.74, 6) is -0.721. The van der Waals surface area contributed by atoms with Crippen molar-refractivity contribution in [3.05, 3.63) is 17.8 Å². The number of rotatable bonds is 4. The number of alkyl halides is 3. The van der Waals surface area contributed by atoms with Gasteiger partial charge in [-0.15, -0.1) is 0 Å². The van der Waals surface area contributed by atoms with Gasteiger partial charge in [-0.25, -0.2) is 9.78 Å². The van der Waals surface area contributed by atoms with Gasteiger partial charge in [0.2, 0.25) is 0 Å². The van der Waals surface area contributed by atoms with Crippen LogP contribution in [0.4, 0.5) is 24.7 Å². The van der Waals surface area contributed by atoms with Gasteiger partial charge < -0.3 is 15.4 Å². The lowest BCUT2D eigenvalue weighted by molar-refractivity contribution is -0.120. The molecule has 0 atom stereocenters. The maximum atomic E-state index is 12.6. The topological polar surface area (TPSA) is 68.5 Å². The predicted molar refractivity (Wildman–Crippen MR) is 66.4 cm³/mol. The van der Waals surface area contributed by atoms with Gasteiger partial charge in [-0.2, -0.15) is 13.2 Å². The van der Waals surface area contributed by atoms with Crippen molar-refractivity contribution in [3.8, 4) is 0 Å². The molecule has 5 nitrogen and oxygen atoms in total. The summed E-state index contributed by atoms with van der Waals surface area (Å²) < 4.78 is 42.4. The number of carbonyl (C=O) groups is 1. The molecule has 1 heterocycles. The number of hydrogen-bond donors (Lipinski definition) is 1. The second-order valence-electron chi connectivity index (χ2n) is 4.56. The molecule has 0 bridgehead atoms. The van der Waals surface area contributed by atoms with E-state index in [1.54, 1.807) is 0 Å². The molecular weight excluding hydrogens is 275 g/mol. The Morgan fingerprint density at radius 1 is 1.55 bits per heavy atom. The fourth-order valence-corrected chi connectivity index (χ4v) is 1.94. The summed E-state index contributed by atoms with van der Waals surface area (Å²) in [5, 5.41) is 0. The van der Waals surface area contributed by atoms with Crippen LogP contribution >= 0.6 is 0 Å². The van der Waals surface area contributed by atoms with Crippen LogP contribution in [-0.2, 0) is 4.74 Å². The van der Waals surface area contributed by atoms with Crippen molar-refractivity contribution in [2.45, 2.75) is 25.1 Å². The quantitative estimate of drug-likeness (QED) is 0.858. The molecule has 0 amide bonds. The molecule has 0 saturated heterocycles. The van der Waals surface area contributed by atoms with E-state index in [2.05, 4.69) is 9.72 Å². The molecule has 0 aromatic carbocycles. The minimum absolute atomic E-state index is 0.0188. The Morgan fingerprint density at radius 3 is 2.70 bits per heavy atom. The largest absolute Gasteiger partial charge is 0.465 e. The first kappa shape index (κ1) is 14.4. The van der Waals surface area contributed by atoms with Gasteiger partial charge in [0.1, 0.15) is 6.54 Å². The highest BCUT2D eigenvalue weighted by atomic mass is 19.4. The molecule has 0 unspecified atom stereocenters. The van der Waals surface area contributed by atoms with Crippen molar-refractivity contribution >= 4 is 17.5 Å². The van der Waals surface area contributed by atoms with E-state index in [9.17, 15) is 18.0 Å². The van der Waals surface area contributed by atoms with Crippen molar-refractivity contribution in [2.75, 3.05) is 24.3 Å². The van der Waals surface area contributed by atoms with Gasteiger partial charge in [0, 0.05) is 12.2 Å². The zero-order chi connectivity index (χ0) is 14.9. The normalized spacial score (nSPS) is 15.0. The Hall–Kier alpha value is -1.99. The summed E-state index contributed by atoms with van der Waals surface area (Å²) in [4.78, 5) is 16.5. The standard InChI is InChI=1S/C12H14F3N3O2/c1-20-11(19)8-4-5-17-10(9(8)16)18(7-2-3-7)6-12(13,14)15/h4-5,7H,2-3,6,16H2,1H3. The molecule has 20 heavy (non-hydrogen) atoms. The molecule has 0 spiro atoms. The minimum Gasteiger partial charge on any atom is -0.465 e. The number of methoxy groups -OCH3 is 1. The molecule has 0 aliphatic heterocycles. The average Bonchev–Trinajstić information content (AvgIpc) is 3.19. The molecule has 1 aliphatic carbocycles. The van der Waals surface area contributed by atoms with Crippen molar-refractivity contribution in [3.63, 3.8) is 0 Å². The lowest BCUT2D eigenvalue weighted by Gasteiger charge is -2.26. The number of hydrogen-bond acceptors (Lipinski definition) is 5. The molecule has 1 fully saturated rings. The van der Waals surface area contributed by atoms with Crippen LogP contribution in [0, 0.1) is 0 Å². The first-order valence-corrected chi connectivity index (χ1v) is 5.99. The van der Waals surface area contributed by atoms with E-state index in [-0.39, 0.29) is 23.1 Å². The number of pyridine rings is 1.